The Bertz CT molecular complexity index is 918. The minimum atomic E-state index is -0.525. The van der Waals surface area contributed by atoms with Crippen LogP contribution in [0.2, 0.25) is 0 Å². The van der Waals surface area contributed by atoms with Gasteiger partial charge in [0, 0.05) is 37.1 Å². The maximum Gasteiger partial charge on any atom is 0.220 e. The van der Waals surface area contributed by atoms with Crippen LogP contribution in [0.1, 0.15) is 87.7 Å². The van der Waals surface area contributed by atoms with Gasteiger partial charge in [-0.15, -0.1) is 0 Å². The number of benzene rings is 1. The number of rotatable bonds is 4. The molecule has 2 heterocycles. The van der Waals surface area contributed by atoms with Gasteiger partial charge in [0.05, 0.1) is 0 Å². The van der Waals surface area contributed by atoms with Gasteiger partial charge in [0.15, 0.2) is 0 Å². The summed E-state index contributed by atoms with van der Waals surface area (Å²) in [5.41, 5.74) is 8.25. The molecule has 1 aromatic rings. The lowest BCUT2D eigenvalue weighted by molar-refractivity contribution is -0.390. The summed E-state index contributed by atoms with van der Waals surface area (Å²) in [6.45, 7) is 2.85. The second-order valence-corrected chi connectivity index (χ2v) is 12.7. The molecule has 1 amide bonds. The number of likely N-dealkylation sites (tertiary alicyclic amines) is 1. The van der Waals surface area contributed by atoms with Gasteiger partial charge in [0.25, 0.3) is 0 Å². The van der Waals surface area contributed by atoms with Crippen molar-refractivity contribution in [1.82, 2.24) is 4.90 Å². The summed E-state index contributed by atoms with van der Waals surface area (Å²) >= 11 is 0. The number of carbonyl (C=O) groups excluding carboxylic acids is 1. The number of amides is 1. The first-order valence-corrected chi connectivity index (χ1v) is 14.2. The third-order valence-corrected chi connectivity index (χ3v) is 10.5. The van der Waals surface area contributed by atoms with E-state index >= 15 is 0 Å². The standard InChI is InChI=1S/C29H40N2O4/c30-27(32)24-7-11-31(12-8-24)18-19-1-3-22(4-2-19)23-5-9-28(10-6-23)33-29(35-34-28)25-14-20-13-21(16-25)17-26(29)15-20/h1-4,20-21,23-26H,5-18H2,(H2,30,32). The quantitative estimate of drug-likeness (QED) is 0.623. The number of hydrogen-bond acceptors (Lipinski definition) is 5. The Labute approximate surface area is 208 Å². The van der Waals surface area contributed by atoms with Gasteiger partial charge < -0.3 is 10.5 Å². The van der Waals surface area contributed by atoms with Crippen LogP contribution in [0.25, 0.3) is 0 Å². The Balaban J connectivity index is 0.945. The summed E-state index contributed by atoms with van der Waals surface area (Å²) in [6.07, 6.45) is 12.3. The number of hydrogen-bond donors (Lipinski definition) is 1. The lowest BCUT2D eigenvalue weighted by Gasteiger charge is -2.57. The fourth-order valence-corrected chi connectivity index (χ4v) is 8.71. The highest BCUT2D eigenvalue weighted by atomic mass is 17.3. The van der Waals surface area contributed by atoms with Crippen molar-refractivity contribution in [1.29, 1.82) is 0 Å². The predicted molar refractivity (Wildman–Crippen MR) is 131 cm³/mol. The number of primary amides is 1. The zero-order valence-corrected chi connectivity index (χ0v) is 20.8. The Morgan fingerprint density at radius 1 is 0.886 bits per heavy atom. The van der Waals surface area contributed by atoms with Crippen molar-refractivity contribution in [2.24, 2.45) is 35.3 Å². The van der Waals surface area contributed by atoms with Crippen LogP contribution in [0, 0.1) is 29.6 Å². The summed E-state index contributed by atoms with van der Waals surface area (Å²) in [4.78, 5) is 26.2. The second kappa shape index (κ2) is 8.54. The van der Waals surface area contributed by atoms with Crippen LogP contribution in [-0.2, 0) is 25.9 Å². The average Bonchev–Trinajstić information content (AvgIpc) is 3.23. The van der Waals surface area contributed by atoms with E-state index in [1.165, 1.54) is 43.2 Å². The molecule has 35 heavy (non-hydrogen) atoms. The Kier molecular flexibility index (Phi) is 5.54. The third kappa shape index (κ3) is 3.96. The molecular formula is C29H40N2O4. The molecule has 7 fully saturated rings. The number of piperidine rings is 1. The maximum absolute atomic E-state index is 11.4. The van der Waals surface area contributed by atoms with Crippen LogP contribution in [0.4, 0.5) is 0 Å². The van der Waals surface area contributed by atoms with Crippen molar-refractivity contribution in [3.63, 3.8) is 0 Å². The SMILES string of the molecule is NC(=O)C1CCN(Cc2ccc(C3CCC4(CC3)OOC3(O4)C4CC5CC(C4)CC3C5)cc2)CC1. The highest BCUT2D eigenvalue weighted by Gasteiger charge is 2.66. The molecule has 5 saturated carbocycles. The fourth-order valence-electron chi connectivity index (χ4n) is 8.71. The number of carbonyl (C=O) groups is 1. The topological polar surface area (TPSA) is 74.0 Å². The smallest absolute Gasteiger partial charge is 0.220 e. The maximum atomic E-state index is 11.4. The van der Waals surface area contributed by atoms with E-state index in [1.54, 1.807) is 0 Å². The van der Waals surface area contributed by atoms with E-state index in [9.17, 15) is 4.79 Å². The van der Waals surface area contributed by atoms with Crippen molar-refractivity contribution in [3.05, 3.63) is 35.4 Å². The molecule has 2 spiro atoms. The molecule has 190 valence electrons. The van der Waals surface area contributed by atoms with E-state index in [0.29, 0.717) is 17.8 Å². The van der Waals surface area contributed by atoms with Crippen molar-refractivity contribution in [2.45, 2.75) is 94.7 Å². The number of nitrogens with zero attached hydrogens (tertiary/aromatic N) is 1. The molecule has 0 radical (unpaired) electrons. The lowest BCUT2D eigenvalue weighted by atomic mass is 9.53. The van der Waals surface area contributed by atoms with Gasteiger partial charge in [-0.3, -0.25) is 9.69 Å². The van der Waals surface area contributed by atoms with Gasteiger partial charge in [-0.1, -0.05) is 24.3 Å². The third-order valence-electron chi connectivity index (χ3n) is 10.5. The van der Waals surface area contributed by atoms with Crippen LogP contribution in [0.15, 0.2) is 24.3 Å². The summed E-state index contributed by atoms with van der Waals surface area (Å²) in [5, 5.41) is 0. The first-order chi connectivity index (χ1) is 17.0. The molecule has 2 N–H and O–H groups in total. The lowest BCUT2D eigenvalue weighted by Crippen LogP contribution is -2.59. The van der Waals surface area contributed by atoms with Crippen LogP contribution in [0.5, 0.6) is 0 Å². The first kappa shape index (κ1) is 22.7. The number of ether oxygens (including phenoxy) is 1. The molecule has 5 aliphatic carbocycles. The summed E-state index contributed by atoms with van der Waals surface area (Å²) in [6, 6.07) is 9.21. The van der Waals surface area contributed by atoms with Crippen LogP contribution in [0.3, 0.4) is 0 Å². The molecule has 6 heteroatoms. The van der Waals surface area contributed by atoms with Gasteiger partial charge >= 0.3 is 0 Å². The van der Waals surface area contributed by atoms with Crippen LogP contribution in [-0.4, -0.2) is 35.5 Å². The molecule has 0 atom stereocenters. The van der Waals surface area contributed by atoms with Gasteiger partial charge in [-0.25, -0.2) is 0 Å². The first-order valence-electron chi connectivity index (χ1n) is 14.2. The van der Waals surface area contributed by atoms with Gasteiger partial charge in [-0.05, 0) is 99.8 Å². The van der Waals surface area contributed by atoms with Crippen molar-refractivity contribution < 1.29 is 19.3 Å². The van der Waals surface area contributed by atoms with Gasteiger partial charge in [0.1, 0.15) is 0 Å². The second-order valence-electron chi connectivity index (χ2n) is 12.7. The molecule has 2 saturated heterocycles. The van der Waals surface area contributed by atoms with E-state index in [-0.39, 0.29) is 11.8 Å². The Morgan fingerprint density at radius 2 is 1.51 bits per heavy atom. The van der Waals surface area contributed by atoms with E-state index in [1.807, 2.05) is 0 Å². The molecular weight excluding hydrogens is 440 g/mol. The molecule has 0 unspecified atom stereocenters. The molecule has 2 aliphatic heterocycles. The normalized spacial score (nSPS) is 43.4. The Hall–Kier alpha value is -1.47. The minimum Gasteiger partial charge on any atom is -0.369 e. The fraction of sp³-hybridized carbons (Fsp3) is 0.759. The minimum absolute atomic E-state index is 0.0552. The zero-order chi connectivity index (χ0) is 23.6. The van der Waals surface area contributed by atoms with E-state index in [4.69, 9.17) is 20.2 Å². The molecule has 1 aromatic carbocycles. The predicted octanol–water partition coefficient (Wildman–Crippen LogP) is 4.87. The van der Waals surface area contributed by atoms with Gasteiger partial charge in [0.2, 0.25) is 17.5 Å². The van der Waals surface area contributed by atoms with Crippen LogP contribution < -0.4 is 5.73 Å². The summed E-state index contributed by atoms with van der Waals surface area (Å²) in [5.74, 6) is 2.35. The average molecular weight is 481 g/mol. The highest BCUT2D eigenvalue weighted by molar-refractivity contribution is 5.76. The molecule has 4 bridgehead atoms. The van der Waals surface area contributed by atoms with E-state index in [0.717, 1.165) is 70.0 Å². The molecule has 7 aliphatic rings. The van der Waals surface area contributed by atoms with Crippen molar-refractivity contribution >= 4 is 5.91 Å². The molecule has 6 nitrogen and oxygen atoms in total. The van der Waals surface area contributed by atoms with Gasteiger partial charge in [-0.2, -0.15) is 9.78 Å². The molecule has 0 aromatic heterocycles. The van der Waals surface area contributed by atoms with E-state index < -0.39 is 11.6 Å². The monoisotopic (exact) mass is 480 g/mol. The molecule has 8 rings (SSSR count). The van der Waals surface area contributed by atoms with Crippen molar-refractivity contribution in [2.75, 3.05) is 13.1 Å². The Morgan fingerprint density at radius 3 is 2.11 bits per heavy atom. The summed E-state index contributed by atoms with van der Waals surface area (Å²) in [7, 11) is 0. The zero-order valence-electron chi connectivity index (χ0n) is 20.8. The van der Waals surface area contributed by atoms with Crippen molar-refractivity contribution in [3.8, 4) is 0 Å². The van der Waals surface area contributed by atoms with E-state index in [2.05, 4.69) is 29.2 Å². The highest BCUT2D eigenvalue weighted by Crippen LogP contribution is 2.64. The van der Waals surface area contributed by atoms with Crippen LogP contribution >= 0.6 is 0 Å². The number of nitrogens with two attached hydrogens (primary N) is 1. The summed E-state index contributed by atoms with van der Waals surface area (Å²) < 4.78 is 6.89. The largest absolute Gasteiger partial charge is 0.369 e.